The van der Waals surface area contributed by atoms with Crippen LogP contribution in [-0.4, -0.2) is 36.5 Å². The fourth-order valence-electron chi connectivity index (χ4n) is 5.11. The van der Waals surface area contributed by atoms with Crippen molar-refractivity contribution < 1.29 is 23.5 Å². The number of carbonyl (C=O) groups is 2. The van der Waals surface area contributed by atoms with Crippen LogP contribution in [0.1, 0.15) is 52.9 Å². The Hall–Kier alpha value is -3.87. The van der Waals surface area contributed by atoms with E-state index in [1.165, 1.54) is 24.3 Å². The second-order valence-electron chi connectivity index (χ2n) is 8.62. The van der Waals surface area contributed by atoms with Gasteiger partial charge in [-0.15, -0.1) is 0 Å². The van der Waals surface area contributed by atoms with Gasteiger partial charge in [-0.25, -0.2) is 4.39 Å². The lowest BCUT2D eigenvalue weighted by molar-refractivity contribution is -0.119. The van der Waals surface area contributed by atoms with E-state index >= 15 is 0 Å². The molecule has 0 radical (unpaired) electrons. The first-order chi connectivity index (χ1) is 17.0. The van der Waals surface area contributed by atoms with Crippen molar-refractivity contribution >= 4 is 17.5 Å². The lowest BCUT2D eigenvalue weighted by Gasteiger charge is -2.45. The van der Waals surface area contributed by atoms with Crippen LogP contribution in [0.25, 0.3) is 0 Å². The SMILES string of the molecule is CCOc1cc2c(cc1OCC)C1C(C(=O)Nc3ccc(F)cc3)c3ccccc3C(=O)N1CC2. The highest BCUT2D eigenvalue weighted by Gasteiger charge is 2.46. The number of rotatable bonds is 6. The molecule has 35 heavy (non-hydrogen) atoms. The maximum absolute atomic E-state index is 13.8. The van der Waals surface area contributed by atoms with Gasteiger partial charge in [0.05, 0.1) is 25.2 Å². The Kier molecular flexibility index (Phi) is 6.16. The number of amides is 2. The number of hydrogen-bond acceptors (Lipinski definition) is 4. The predicted octanol–water partition coefficient (Wildman–Crippen LogP) is 5.10. The Bertz CT molecular complexity index is 1270. The first kappa shape index (κ1) is 22.9. The number of hydrogen-bond donors (Lipinski definition) is 1. The lowest BCUT2D eigenvalue weighted by atomic mass is 9.75. The maximum atomic E-state index is 13.8. The van der Waals surface area contributed by atoms with Crippen molar-refractivity contribution in [2.24, 2.45) is 0 Å². The zero-order valence-electron chi connectivity index (χ0n) is 19.7. The summed E-state index contributed by atoms with van der Waals surface area (Å²) in [5.41, 5.74) is 3.62. The predicted molar refractivity (Wildman–Crippen MR) is 130 cm³/mol. The molecule has 0 aromatic heterocycles. The second kappa shape index (κ2) is 9.41. The number of nitrogens with one attached hydrogen (secondary N) is 1. The zero-order valence-corrected chi connectivity index (χ0v) is 19.7. The standard InChI is InChI=1S/C28H27FN2O4/c1-3-34-23-15-17-13-14-31-26(22(17)16-24(23)35-4-2)25(20-7-5-6-8-21(20)28(31)33)27(32)30-19-11-9-18(29)10-12-19/h5-12,15-16,25-26H,3-4,13-14H2,1-2H3,(H,30,32). The highest BCUT2D eigenvalue weighted by molar-refractivity contribution is 6.04. The summed E-state index contributed by atoms with van der Waals surface area (Å²) in [5.74, 6) is -0.117. The van der Waals surface area contributed by atoms with E-state index in [9.17, 15) is 14.0 Å². The number of carbonyl (C=O) groups excluding carboxylic acids is 2. The van der Waals surface area contributed by atoms with E-state index in [0.717, 1.165) is 11.1 Å². The van der Waals surface area contributed by atoms with Gasteiger partial charge in [0.1, 0.15) is 5.82 Å². The van der Waals surface area contributed by atoms with E-state index in [1.54, 1.807) is 11.0 Å². The van der Waals surface area contributed by atoms with Gasteiger partial charge in [0.25, 0.3) is 5.91 Å². The molecule has 2 amide bonds. The molecule has 180 valence electrons. The molecule has 0 spiro atoms. The third-order valence-electron chi connectivity index (χ3n) is 6.58. The van der Waals surface area contributed by atoms with E-state index in [4.69, 9.17) is 9.47 Å². The average molecular weight is 475 g/mol. The van der Waals surface area contributed by atoms with Gasteiger partial charge in [-0.1, -0.05) is 18.2 Å². The van der Waals surface area contributed by atoms with Crippen molar-refractivity contribution in [3.8, 4) is 11.5 Å². The number of fused-ring (bicyclic) bond motifs is 4. The topological polar surface area (TPSA) is 67.9 Å². The molecule has 1 N–H and O–H groups in total. The minimum absolute atomic E-state index is 0.0890. The summed E-state index contributed by atoms with van der Waals surface area (Å²) in [6, 6.07) is 16.3. The van der Waals surface area contributed by atoms with Crippen molar-refractivity contribution in [1.29, 1.82) is 0 Å². The zero-order chi connectivity index (χ0) is 24.5. The molecule has 0 saturated carbocycles. The van der Waals surface area contributed by atoms with Crippen molar-refractivity contribution in [3.63, 3.8) is 0 Å². The molecule has 2 aliphatic rings. The number of ether oxygens (including phenoxy) is 2. The first-order valence-electron chi connectivity index (χ1n) is 11.9. The van der Waals surface area contributed by atoms with Crippen LogP contribution in [0.15, 0.2) is 60.7 Å². The highest BCUT2D eigenvalue weighted by Crippen LogP contribution is 2.48. The fraction of sp³-hybridized carbons (Fsp3) is 0.286. The number of anilines is 1. The van der Waals surface area contributed by atoms with Gasteiger partial charge in [-0.05, 0) is 79.4 Å². The van der Waals surface area contributed by atoms with Crippen LogP contribution >= 0.6 is 0 Å². The third-order valence-corrected chi connectivity index (χ3v) is 6.58. The molecule has 0 bridgehead atoms. The molecule has 5 rings (SSSR count). The molecular formula is C28H27FN2O4. The molecule has 0 aliphatic carbocycles. The Balaban J connectivity index is 1.63. The summed E-state index contributed by atoms with van der Waals surface area (Å²) in [6.45, 7) is 5.28. The summed E-state index contributed by atoms with van der Waals surface area (Å²) in [7, 11) is 0. The van der Waals surface area contributed by atoms with Crippen LogP contribution < -0.4 is 14.8 Å². The molecule has 2 heterocycles. The molecule has 3 aromatic carbocycles. The largest absolute Gasteiger partial charge is 0.490 e. The van der Waals surface area contributed by atoms with Crippen molar-refractivity contribution in [3.05, 3.63) is 88.7 Å². The maximum Gasteiger partial charge on any atom is 0.254 e. The smallest absolute Gasteiger partial charge is 0.254 e. The second-order valence-corrected chi connectivity index (χ2v) is 8.62. The van der Waals surface area contributed by atoms with Crippen LogP contribution in [0.4, 0.5) is 10.1 Å². The molecule has 7 heteroatoms. The monoisotopic (exact) mass is 474 g/mol. The third kappa shape index (κ3) is 4.11. The summed E-state index contributed by atoms with van der Waals surface area (Å²) in [6.07, 6.45) is 0.651. The van der Waals surface area contributed by atoms with Gasteiger partial charge in [0, 0.05) is 17.8 Å². The normalized spacial score (nSPS) is 18.3. The number of nitrogens with zero attached hydrogens (tertiary/aromatic N) is 1. The van der Waals surface area contributed by atoms with Crippen LogP contribution in [0, 0.1) is 5.82 Å². The van der Waals surface area contributed by atoms with E-state index < -0.39 is 12.0 Å². The quantitative estimate of drug-likeness (QED) is 0.540. The minimum Gasteiger partial charge on any atom is -0.490 e. The Morgan fingerprint density at radius 3 is 2.40 bits per heavy atom. The molecule has 2 atom stereocenters. The van der Waals surface area contributed by atoms with Crippen molar-refractivity contribution in [2.75, 3.05) is 25.1 Å². The van der Waals surface area contributed by atoms with E-state index in [-0.39, 0.29) is 17.6 Å². The molecule has 6 nitrogen and oxygen atoms in total. The van der Waals surface area contributed by atoms with Crippen LogP contribution in [0.2, 0.25) is 0 Å². The van der Waals surface area contributed by atoms with Gasteiger partial charge in [0.15, 0.2) is 11.5 Å². The molecule has 0 fully saturated rings. The highest BCUT2D eigenvalue weighted by atomic mass is 19.1. The van der Waals surface area contributed by atoms with Crippen molar-refractivity contribution in [1.82, 2.24) is 4.90 Å². The Morgan fingerprint density at radius 1 is 1.00 bits per heavy atom. The number of halogens is 1. The van der Waals surface area contributed by atoms with Gasteiger partial charge in [-0.3, -0.25) is 9.59 Å². The molecular weight excluding hydrogens is 447 g/mol. The molecule has 2 aliphatic heterocycles. The first-order valence-corrected chi connectivity index (χ1v) is 11.9. The number of benzene rings is 3. The van der Waals surface area contributed by atoms with Crippen LogP contribution in [0.5, 0.6) is 11.5 Å². The lowest BCUT2D eigenvalue weighted by Crippen LogP contribution is -2.49. The van der Waals surface area contributed by atoms with Gasteiger partial charge < -0.3 is 19.7 Å². The fourth-order valence-corrected chi connectivity index (χ4v) is 5.11. The minimum atomic E-state index is -0.652. The average Bonchev–Trinajstić information content (AvgIpc) is 2.86. The Labute approximate surface area is 203 Å². The van der Waals surface area contributed by atoms with E-state index in [0.29, 0.717) is 54.5 Å². The van der Waals surface area contributed by atoms with Gasteiger partial charge in [-0.2, -0.15) is 0 Å². The molecule has 0 saturated heterocycles. The van der Waals surface area contributed by atoms with Gasteiger partial charge in [0.2, 0.25) is 5.91 Å². The van der Waals surface area contributed by atoms with Crippen molar-refractivity contribution in [2.45, 2.75) is 32.2 Å². The van der Waals surface area contributed by atoms with Gasteiger partial charge >= 0.3 is 0 Å². The van der Waals surface area contributed by atoms with E-state index in [1.807, 2.05) is 44.2 Å². The summed E-state index contributed by atoms with van der Waals surface area (Å²) >= 11 is 0. The summed E-state index contributed by atoms with van der Waals surface area (Å²) in [4.78, 5) is 29.1. The molecule has 2 unspecified atom stereocenters. The van der Waals surface area contributed by atoms with Crippen LogP contribution in [-0.2, 0) is 11.2 Å². The summed E-state index contributed by atoms with van der Waals surface area (Å²) < 4.78 is 25.1. The van der Waals surface area contributed by atoms with E-state index in [2.05, 4.69) is 5.32 Å². The summed E-state index contributed by atoms with van der Waals surface area (Å²) in [5, 5.41) is 2.93. The Morgan fingerprint density at radius 2 is 1.69 bits per heavy atom. The molecule has 3 aromatic rings. The van der Waals surface area contributed by atoms with Crippen LogP contribution in [0.3, 0.4) is 0 Å².